The number of nitro benzene ring substituents is 1. The van der Waals surface area contributed by atoms with Crippen molar-refractivity contribution >= 4 is 38.9 Å². The Kier molecular flexibility index (Phi) is 5.03. The van der Waals surface area contributed by atoms with E-state index in [2.05, 4.69) is 21.2 Å². The molecule has 2 aromatic rings. The van der Waals surface area contributed by atoms with Crippen LogP contribution in [0.25, 0.3) is 0 Å². The fourth-order valence-electron chi connectivity index (χ4n) is 1.78. The monoisotopic (exact) mass is 370 g/mol. The van der Waals surface area contributed by atoms with Crippen LogP contribution in [0.3, 0.4) is 0 Å². The zero-order chi connectivity index (χ0) is 15.4. The molecule has 0 amide bonds. The van der Waals surface area contributed by atoms with E-state index in [1.165, 1.54) is 12.1 Å². The molecule has 0 aliphatic heterocycles. The van der Waals surface area contributed by atoms with Crippen molar-refractivity contribution in [3.63, 3.8) is 0 Å². The second kappa shape index (κ2) is 6.78. The minimum absolute atomic E-state index is 0.0299. The summed E-state index contributed by atoms with van der Waals surface area (Å²) < 4.78 is 6.03. The van der Waals surface area contributed by atoms with Crippen molar-refractivity contribution in [2.75, 3.05) is 12.4 Å². The second-order valence-corrected chi connectivity index (χ2v) is 5.51. The standard InChI is InChI=1S/C14H12BrClN2O3/c1-21-14-5-2-9(6-11(14)15)8-17-13-4-3-10(18(19)20)7-12(13)16/h2-7,17H,8H2,1H3. The van der Waals surface area contributed by atoms with Crippen LogP contribution in [0.1, 0.15) is 5.56 Å². The van der Waals surface area contributed by atoms with E-state index in [1.54, 1.807) is 13.2 Å². The molecule has 1 N–H and O–H groups in total. The molecule has 0 heterocycles. The van der Waals surface area contributed by atoms with Gasteiger partial charge in [0.25, 0.3) is 5.69 Å². The first-order chi connectivity index (χ1) is 10.0. The summed E-state index contributed by atoms with van der Waals surface area (Å²) in [6, 6.07) is 10.1. The lowest BCUT2D eigenvalue weighted by molar-refractivity contribution is -0.384. The first-order valence-corrected chi connectivity index (χ1v) is 7.18. The van der Waals surface area contributed by atoms with Crippen molar-refractivity contribution in [1.29, 1.82) is 0 Å². The minimum Gasteiger partial charge on any atom is -0.496 e. The molecule has 5 nitrogen and oxygen atoms in total. The number of nitro groups is 1. The lowest BCUT2D eigenvalue weighted by atomic mass is 10.2. The van der Waals surface area contributed by atoms with Crippen LogP contribution in [-0.4, -0.2) is 12.0 Å². The number of ether oxygens (including phenoxy) is 1. The van der Waals surface area contributed by atoms with Gasteiger partial charge in [0.15, 0.2) is 0 Å². The summed E-state index contributed by atoms with van der Waals surface area (Å²) in [5.74, 6) is 0.757. The van der Waals surface area contributed by atoms with Crippen molar-refractivity contribution in [2.45, 2.75) is 6.54 Å². The first kappa shape index (κ1) is 15.6. The van der Waals surface area contributed by atoms with Crippen LogP contribution in [0.5, 0.6) is 5.75 Å². The molecule has 0 aliphatic carbocycles. The summed E-state index contributed by atoms with van der Waals surface area (Å²) in [5.41, 5.74) is 1.64. The summed E-state index contributed by atoms with van der Waals surface area (Å²) in [6.07, 6.45) is 0. The average Bonchev–Trinajstić information content (AvgIpc) is 2.46. The molecular formula is C14H12BrClN2O3. The number of hydrogen-bond donors (Lipinski definition) is 1. The van der Waals surface area contributed by atoms with Gasteiger partial charge in [-0.2, -0.15) is 0 Å². The zero-order valence-electron chi connectivity index (χ0n) is 11.1. The number of non-ortho nitro benzene ring substituents is 1. The van der Waals surface area contributed by atoms with Gasteiger partial charge in [-0.25, -0.2) is 0 Å². The SMILES string of the molecule is COc1ccc(CNc2ccc([N+](=O)[O-])cc2Cl)cc1Br. The highest BCUT2D eigenvalue weighted by Gasteiger charge is 2.09. The van der Waals surface area contributed by atoms with Crippen molar-refractivity contribution in [2.24, 2.45) is 0 Å². The fourth-order valence-corrected chi connectivity index (χ4v) is 2.61. The van der Waals surface area contributed by atoms with E-state index in [0.29, 0.717) is 17.3 Å². The highest BCUT2D eigenvalue weighted by atomic mass is 79.9. The number of rotatable bonds is 5. The molecule has 0 aliphatic rings. The third kappa shape index (κ3) is 3.86. The van der Waals surface area contributed by atoms with E-state index in [0.717, 1.165) is 15.8 Å². The second-order valence-electron chi connectivity index (χ2n) is 4.24. The van der Waals surface area contributed by atoms with Gasteiger partial charge in [0.05, 0.1) is 27.2 Å². The highest BCUT2D eigenvalue weighted by molar-refractivity contribution is 9.10. The summed E-state index contributed by atoms with van der Waals surface area (Å²) in [4.78, 5) is 10.2. The third-order valence-electron chi connectivity index (χ3n) is 2.86. The Bertz CT molecular complexity index is 679. The van der Waals surface area contributed by atoms with Gasteiger partial charge in [0.2, 0.25) is 0 Å². The van der Waals surface area contributed by atoms with Gasteiger partial charge in [0, 0.05) is 18.7 Å². The van der Waals surface area contributed by atoms with Gasteiger partial charge in [0.1, 0.15) is 5.75 Å². The lowest BCUT2D eigenvalue weighted by Gasteiger charge is -2.10. The van der Waals surface area contributed by atoms with Gasteiger partial charge >= 0.3 is 0 Å². The van der Waals surface area contributed by atoms with E-state index in [-0.39, 0.29) is 5.69 Å². The molecule has 0 atom stereocenters. The number of halogens is 2. The van der Waals surface area contributed by atoms with Gasteiger partial charge in [-0.3, -0.25) is 10.1 Å². The quantitative estimate of drug-likeness (QED) is 0.614. The van der Waals surface area contributed by atoms with Crippen molar-refractivity contribution in [1.82, 2.24) is 0 Å². The number of hydrogen-bond acceptors (Lipinski definition) is 4. The Hall–Kier alpha value is -1.79. The van der Waals surface area contributed by atoms with Gasteiger partial charge in [-0.1, -0.05) is 17.7 Å². The molecule has 0 saturated heterocycles. The Morgan fingerprint density at radius 3 is 2.67 bits per heavy atom. The maximum Gasteiger partial charge on any atom is 0.271 e. The largest absolute Gasteiger partial charge is 0.496 e. The fraction of sp³-hybridized carbons (Fsp3) is 0.143. The minimum atomic E-state index is -0.476. The molecule has 21 heavy (non-hydrogen) atoms. The molecule has 0 aromatic heterocycles. The Morgan fingerprint density at radius 2 is 2.10 bits per heavy atom. The predicted molar refractivity (Wildman–Crippen MR) is 86.1 cm³/mol. The van der Waals surface area contributed by atoms with E-state index in [9.17, 15) is 10.1 Å². The van der Waals surface area contributed by atoms with Crippen molar-refractivity contribution in [3.05, 3.63) is 61.6 Å². The maximum absolute atomic E-state index is 10.7. The third-order valence-corrected chi connectivity index (χ3v) is 3.80. The van der Waals surface area contributed by atoms with E-state index in [1.807, 2.05) is 18.2 Å². The predicted octanol–water partition coefficient (Wildman–Crippen LogP) is 4.63. The van der Waals surface area contributed by atoms with Gasteiger partial charge < -0.3 is 10.1 Å². The zero-order valence-corrected chi connectivity index (χ0v) is 13.4. The molecule has 2 rings (SSSR count). The number of nitrogens with one attached hydrogen (secondary N) is 1. The topological polar surface area (TPSA) is 64.4 Å². The number of methoxy groups -OCH3 is 1. The smallest absolute Gasteiger partial charge is 0.271 e. The maximum atomic E-state index is 10.7. The number of anilines is 1. The van der Waals surface area contributed by atoms with E-state index in [4.69, 9.17) is 16.3 Å². The first-order valence-electron chi connectivity index (χ1n) is 6.01. The van der Waals surface area contributed by atoms with Crippen LogP contribution in [0.15, 0.2) is 40.9 Å². The van der Waals surface area contributed by atoms with Crippen molar-refractivity contribution in [3.8, 4) is 5.75 Å². The average molecular weight is 372 g/mol. The van der Waals surface area contributed by atoms with Gasteiger partial charge in [-0.15, -0.1) is 0 Å². The summed E-state index contributed by atoms with van der Waals surface area (Å²) in [7, 11) is 1.61. The van der Waals surface area contributed by atoms with Crippen LogP contribution in [0.4, 0.5) is 11.4 Å². The molecule has 2 aromatic carbocycles. The summed E-state index contributed by atoms with van der Waals surface area (Å²) in [6.45, 7) is 0.542. The molecule has 0 unspecified atom stereocenters. The lowest BCUT2D eigenvalue weighted by Crippen LogP contribution is -2.00. The molecule has 0 fully saturated rings. The van der Waals surface area contributed by atoms with Crippen LogP contribution < -0.4 is 10.1 Å². The molecule has 0 saturated carbocycles. The van der Waals surface area contributed by atoms with Crippen LogP contribution >= 0.6 is 27.5 Å². The molecule has 110 valence electrons. The normalized spacial score (nSPS) is 10.2. The Balaban J connectivity index is 2.09. The highest BCUT2D eigenvalue weighted by Crippen LogP contribution is 2.28. The number of nitrogens with zero attached hydrogens (tertiary/aromatic N) is 1. The van der Waals surface area contributed by atoms with Crippen LogP contribution in [0.2, 0.25) is 5.02 Å². The van der Waals surface area contributed by atoms with E-state index >= 15 is 0 Å². The van der Waals surface area contributed by atoms with Crippen LogP contribution in [-0.2, 0) is 6.54 Å². The summed E-state index contributed by atoms with van der Waals surface area (Å²) in [5, 5.41) is 14.1. The molecule has 0 radical (unpaired) electrons. The van der Waals surface area contributed by atoms with Gasteiger partial charge in [-0.05, 0) is 39.7 Å². The van der Waals surface area contributed by atoms with Crippen LogP contribution in [0, 0.1) is 10.1 Å². The molecular weight excluding hydrogens is 360 g/mol. The van der Waals surface area contributed by atoms with Crippen molar-refractivity contribution < 1.29 is 9.66 Å². The molecule has 0 spiro atoms. The summed E-state index contributed by atoms with van der Waals surface area (Å²) >= 11 is 9.44. The molecule has 7 heteroatoms. The van der Waals surface area contributed by atoms with E-state index < -0.39 is 4.92 Å². The number of benzene rings is 2. The molecule has 0 bridgehead atoms. The Morgan fingerprint density at radius 1 is 1.33 bits per heavy atom. The Labute approximate surface area is 135 Å².